The maximum absolute atomic E-state index is 5.88. The van der Waals surface area contributed by atoms with Crippen molar-refractivity contribution in [2.45, 2.75) is 13.5 Å². The maximum atomic E-state index is 5.88. The van der Waals surface area contributed by atoms with E-state index in [2.05, 4.69) is 15.5 Å². The van der Waals surface area contributed by atoms with Crippen molar-refractivity contribution in [3.05, 3.63) is 40.0 Å². The van der Waals surface area contributed by atoms with Crippen LogP contribution in [0.4, 0.5) is 5.69 Å². The van der Waals surface area contributed by atoms with Crippen molar-refractivity contribution in [3.8, 4) is 0 Å². The van der Waals surface area contributed by atoms with Gasteiger partial charge < -0.3 is 9.73 Å². The van der Waals surface area contributed by atoms with Gasteiger partial charge in [0.15, 0.2) is 0 Å². The third-order valence-electron chi connectivity index (χ3n) is 1.93. The maximum Gasteiger partial charge on any atom is 0.235 e. The summed E-state index contributed by atoms with van der Waals surface area (Å²) in [4.78, 5) is 0. The van der Waals surface area contributed by atoms with Crippen LogP contribution in [0.15, 0.2) is 22.6 Å². The summed E-state index contributed by atoms with van der Waals surface area (Å²) in [7, 11) is 0. The highest BCUT2D eigenvalue weighted by Gasteiger charge is 2.03. The average molecular weight is 258 g/mol. The van der Waals surface area contributed by atoms with Crippen LogP contribution in [0.2, 0.25) is 10.0 Å². The van der Waals surface area contributed by atoms with Crippen LogP contribution >= 0.6 is 23.2 Å². The molecular weight excluding hydrogens is 249 g/mol. The van der Waals surface area contributed by atoms with Crippen molar-refractivity contribution in [3.63, 3.8) is 0 Å². The minimum absolute atomic E-state index is 0.457. The molecule has 0 aliphatic carbocycles. The number of nitrogens with one attached hydrogen (secondary N) is 1. The quantitative estimate of drug-likeness (QED) is 0.917. The molecule has 1 aromatic heterocycles. The molecule has 0 spiro atoms. The summed E-state index contributed by atoms with van der Waals surface area (Å²) >= 11 is 11.7. The van der Waals surface area contributed by atoms with Gasteiger partial charge in [0.1, 0.15) is 0 Å². The number of rotatable bonds is 3. The zero-order valence-corrected chi connectivity index (χ0v) is 10.0. The minimum Gasteiger partial charge on any atom is -0.424 e. The van der Waals surface area contributed by atoms with Crippen molar-refractivity contribution in [2.75, 3.05) is 5.32 Å². The Balaban J connectivity index is 2.02. The lowest BCUT2D eigenvalue weighted by atomic mass is 10.3. The molecule has 0 aliphatic heterocycles. The second kappa shape index (κ2) is 4.72. The number of anilines is 1. The van der Waals surface area contributed by atoms with Crippen LogP contribution in [0, 0.1) is 6.92 Å². The second-order valence-corrected chi connectivity index (χ2v) is 4.01. The fraction of sp³-hybridized carbons (Fsp3) is 0.200. The molecule has 0 bridgehead atoms. The Morgan fingerprint density at radius 1 is 1.25 bits per heavy atom. The number of hydrogen-bond acceptors (Lipinski definition) is 4. The predicted octanol–water partition coefficient (Wildman–Crippen LogP) is 3.30. The molecule has 0 amide bonds. The highest BCUT2D eigenvalue weighted by molar-refractivity contribution is 6.42. The van der Waals surface area contributed by atoms with Gasteiger partial charge in [-0.2, -0.15) is 0 Å². The topological polar surface area (TPSA) is 51.0 Å². The molecule has 16 heavy (non-hydrogen) atoms. The molecule has 1 aromatic carbocycles. The van der Waals surface area contributed by atoms with Crippen molar-refractivity contribution in [1.29, 1.82) is 0 Å². The van der Waals surface area contributed by atoms with Gasteiger partial charge in [-0.1, -0.05) is 23.2 Å². The number of aromatic nitrogens is 2. The van der Waals surface area contributed by atoms with Gasteiger partial charge in [-0.25, -0.2) is 0 Å². The molecule has 0 atom stereocenters. The van der Waals surface area contributed by atoms with E-state index >= 15 is 0 Å². The number of benzene rings is 1. The van der Waals surface area contributed by atoms with Gasteiger partial charge >= 0.3 is 0 Å². The molecule has 1 N–H and O–H groups in total. The summed E-state index contributed by atoms with van der Waals surface area (Å²) in [6, 6.07) is 5.30. The van der Waals surface area contributed by atoms with E-state index < -0.39 is 0 Å². The molecule has 4 nitrogen and oxygen atoms in total. The van der Waals surface area contributed by atoms with Gasteiger partial charge in [-0.3, -0.25) is 0 Å². The first-order valence-electron chi connectivity index (χ1n) is 4.63. The van der Waals surface area contributed by atoms with E-state index in [0.29, 0.717) is 28.4 Å². The Hall–Kier alpha value is -1.26. The molecule has 2 rings (SSSR count). The zero-order valence-electron chi connectivity index (χ0n) is 8.50. The largest absolute Gasteiger partial charge is 0.424 e. The molecule has 0 fully saturated rings. The normalized spacial score (nSPS) is 10.4. The molecule has 0 radical (unpaired) electrons. The summed E-state index contributed by atoms with van der Waals surface area (Å²) in [5.74, 6) is 1.08. The molecule has 84 valence electrons. The standard InChI is InChI=1S/C10H9Cl2N3O/c1-6-14-15-10(16-6)5-13-7-2-3-8(11)9(12)4-7/h2-4,13H,5H2,1H3. The van der Waals surface area contributed by atoms with Crippen molar-refractivity contribution < 1.29 is 4.42 Å². The molecular formula is C10H9Cl2N3O. The second-order valence-electron chi connectivity index (χ2n) is 3.20. The molecule has 1 heterocycles. The Bertz CT molecular complexity index is 499. The molecule has 2 aromatic rings. The van der Waals surface area contributed by atoms with Gasteiger partial charge in [-0.05, 0) is 18.2 Å². The van der Waals surface area contributed by atoms with E-state index in [1.165, 1.54) is 0 Å². The smallest absolute Gasteiger partial charge is 0.235 e. The number of hydrogen-bond donors (Lipinski definition) is 1. The molecule has 0 unspecified atom stereocenters. The number of halogens is 2. The third kappa shape index (κ3) is 2.65. The monoisotopic (exact) mass is 257 g/mol. The Labute approximate surface area is 103 Å². The van der Waals surface area contributed by atoms with Gasteiger partial charge in [0.2, 0.25) is 11.8 Å². The van der Waals surface area contributed by atoms with Crippen LogP contribution < -0.4 is 5.32 Å². The van der Waals surface area contributed by atoms with E-state index in [1.54, 1.807) is 19.1 Å². The van der Waals surface area contributed by atoms with E-state index in [4.69, 9.17) is 27.6 Å². The predicted molar refractivity (Wildman–Crippen MR) is 62.8 cm³/mol. The van der Waals surface area contributed by atoms with Crippen molar-refractivity contribution in [2.24, 2.45) is 0 Å². The number of aryl methyl sites for hydroxylation is 1. The Morgan fingerprint density at radius 2 is 2.06 bits per heavy atom. The summed E-state index contributed by atoms with van der Waals surface area (Å²) < 4.78 is 5.22. The molecule has 6 heteroatoms. The first-order chi connectivity index (χ1) is 7.65. The van der Waals surface area contributed by atoms with Crippen LogP contribution in [0.1, 0.15) is 11.8 Å². The van der Waals surface area contributed by atoms with E-state index in [1.807, 2.05) is 6.07 Å². The van der Waals surface area contributed by atoms with Gasteiger partial charge in [0.25, 0.3) is 0 Å². The highest BCUT2D eigenvalue weighted by atomic mass is 35.5. The Kier molecular flexibility index (Phi) is 3.31. The summed E-state index contributed by atoms with van der Waals surface area (Å²) in [6.45, 7) is 2.20. The van der Waals surface area contributed by atoms with Gasteiger partial charge in [0, 0.05) is 12.6 Å². The lowest BCUT2D eigenvalue weighted by molar-refractivity contribution is 0.475. The van der Waals surface area contributed by atoms with Crippen molar-refractivity contribution >= 4 is 28.9 Å². The fourth-order valence-electron chi connectivity index (χ4n) is 1.19. The lowest BCUT2D eigenvalue weighted by Gasteiger charge is -2.04. The van der Waals surface area contributed by atoms with Gasteiger partial charge in [-0.15, -0.1) is 10.2 Å². The van der Waals surface area contributed by atoms with Crippen LogP contribution in [0.25, 0.3) is 0 Å². The zero-order chi connectivity index (χ0) is 11.5. The molecule has 0 saturated heterocycles. The third-order valence-corrected chi connectivity index (χ3v) is 2.67. The summed E-state index contributed by atoms with van der Waals surface area (Å²) in [6.07, 6.45) is 0. The van der Waals surface area contributed by atoms with Crippen LogP contribution in [-0.2, 0) is 6.54 Å². The summed E-state index contributed by atoms with van der Waals surface area (Å²) in [5.41, 5.74) is 0.852. The first-order valence-corrected chi connectivity index (χ1v) is 5.38. The molecule has 0 aliphatic rings. The lowest BCUT2D eigenvalue weighted by Crippen LogP contribution is -1.99. The highest BCUT2D eigenvalue weighted by Crippen LogP contribution is 2.25. The number of nitrogens with zero attached hydrogens (tertiary/aromatic N) is 2. The average Bonchev–Trinajstić information content (AvgIpc) is 2.66. The fourth-order valence-corrected chi connectivity index (χ4v) is 1.49. The Morgan fingerprint density at radius 3 is 2.69 bits per heavy atom. The van der Waals surface area contributed by atoms with Crippen LogP contribution in [0.5, 0.6) is 0 Å². The van der Waals surface area contributed by atoms with Gasteiger partial charge in [0.05, 0.1) is 16.6 Å². The van der Waals surface area contributed by atoms with Crippen LogP contribution in [-0.4, -0.2) is 10.2 Å². The summed E-state index contributed by atoms with van der Waals surface area (Å²) in [5, 5.41) is 11.7. The SMILES string of the molecule is Cc1nnc(CNc2ccc(Cl)c(Cl)c2)o1. The minimum atomic E-state index is 0.457. The van der Waals surface area contributed by atoms with Crippen molar-refractivity contribution in [1.82, 2.24) is 10.2 Å². The van der Waals surface area contributed by atoms with E-state index in [0.717, 1.165) is 5.69 Å². The van der Waals surface area contributed by atoms with Crippen LogP contribution in [0.3, 0.4) is 0 Å². The van der Waals surface area contributed by atoms with E-state index in [-0.39, 0.29) is 0 Å². The van der Waals surface area contributed by atoms with E-state index in [9.17, 15) is 0 Å². The molecule has 0 saturated carbocycles. The first kappa shape index (κ1) is 11.2.